The lowest BCUT2D eigenvalue weighted by Crippen LogP contribution is -2.37. The molecule has 0 N–H and O–H groups in total. The molecule has 0 bridgehead atoms. The van der Waals surface area contributed by atoms with Crippen LogP contribution >= 0.6 is 15.9 Å². The first-order chi connectivity index (χ1) is 11.9. The molecule has 1 aliphatic rings. The van der Waals surface area contributed by atoms with Crippen molar-refractivity contribution in [3.8, 4) is 0 Å². The molecule has 2 aromatic carbocycles. The standard InChI is InChI=1S/C17H15BrFNO4S/c1-24-17(21)13-10-12(18)7-8-15(13)25(22,23)20-9-3-5-11-4-2-6-14(19)16(11)20/h2,4,6-8,10H,3,5,9H2,1H3. The molecule has 132 valence electrons. The highest BCUT2D eigenvalue weighted by molar-refractivity contribution is 9.10. The van der Waals surface area contributed by atoms with E-state index in [-0.39, 0.29) is 22.7 Å². The fraction of sp³-hybridized carbons (Fsp3) is 0.235. The predicted molar refractivity (Wildman–Crippen MR) is 94.7 cm³/mol. The normalized spacial score (nSPS) is 14.1. The smallest absolute Gasteiger partial charge is 0.339 e. The molecule has 0 aliphatic carbocycles. The summed E-state index contributed by atoms with van der Waals surface area (Å²) < 4.78 is 47.0. The molecule has 0 atom stereocenters. The van der Waals surface area contributed by atoms with Gasteiger partial charge in [-0.15, -0.1) is 0 Å². The Labute approximate surface area is 153 Å². The van der Waals surface area contributed by atoms with Gasteiger partial charge < -0.3 is 4.74 Å². The van der Waals surface area contributed by atoms with E-state index in [9.17, 15) is 17.6 Å². The van der Waals surface area contributed by atoms with E-state index in [0.717, 1.165) is 4.31 Å². The lowest BCUT2D eigenvalue weighted by molar-refractivity contribution is 0.0596. The fourth-order valence-corrected chi connectivity index (χ4v) is 4.99. The summed E-state index contributed by atoms with van der Waals surface area (Å²) in [5.74, 6) is -1.37. The number of anilines is 1. The number of carbonyl (C=O) groups excluding carboxylic acids is 1. The van der Waals surface area contributed by atoms with E-state index >= 15 is 0 Å². The third-order valence-corrected chi connectivity index (χ3v) is 6.39. The zero-order valence-corrected chi connectivity index (χ0v) is 15.7. The summed E-state index contributed by atoms with van der Waals surface area (Å²) in [6, 6.07) is 8.72. The van der Waals surface area contributed by atoms with Crippen LogP contribution in [0.25, 0.3) is 0 Å². The Morgan fingerprint density at radius 1 is 1.28 bits per heavy atom. The minimum atomic E-state index is -4.13. The first-order valence-corrected chi connectivity index (χ1v) is 9.77. The van der Waals surface area contributed by atoms with Gasteiger partial charge in [0, 0.05) is 11.0 Å². The number of hydrogen-bond acceptors (Lipinski definition) is 4. The first kappa shape index (κ1) is 17.9. The molecule has 0 radical (unpaired) electrons. The molecule has 0 fully saturated rings. The molecule has 0 saturated carbocycles. The van der Waals surface area contributed by atoms with Gasteiger partial charge in [0.05, 0.1) is 18.4 Å². The maximum atomic E-state index is 14.4. The molecular formula is C17H15BrFNO4S. The van der Waals surface area contributed by atoms with Crippen LogP contribution in [-0.2, 0) is 21.2 Å². The molecule has 2 aromatic rings. The second kappa shape index (κ2) is 6.76. The van der Waals surface area contributed by atoms with Crippen molar-refractivity contribution in [3.05, 3.63) is 57.8 Å². The van der Waals surface area contributed by atoms with Crippen molar-refractivity contribution in [1.82, 2.24) is 0 Å². The van der Waals surface area contributed by atoms with Crippen LogP contribution in [0.4, 0.5) is 10.1 Å². The van der Waals surface area contributed by atoms with Crippen LogP contribution in [0.2, 0.25) is 0 Å². The summed E-state index contributed by atoms with van der Waals surface area (Å²) in [6.07, 6.45) is 1.17. The molecule has 1 heterocycles. The van der Waals surface area contributed by atoms with Crippen LogP contribution in [0, 0.1) is 5.82 Å². The molecule has 0 saturated heterocycles. The lowest BCUT2D eigenvalue weighted by Gasteiger charge is -2.31. The van der Waals surface area contributed by atoms with Gasteiger partial charge in [0.1, 0.15) is 10.7 Å². The van der Waals surface area contributed by atoms with Crippen molar-refractivity contribution in [2.75, 3.05) is 18.0 Å². The molecular weight excluding hydrogens is 413 g/mol. The summed E-state index contributed by atoms with van der Waals surface area (Å²) in [5, 5.41) is 0. The topological polar surface area (TPSA) is 63.7 Å². The summed E-state index contributed by atoms with van der Waals surface area (Å²) in [5.41, 5.74) is 0.583. The van der Waals surface area contributed by atoms with Crippen molar-refractivity contribution in [2.45, 2.75) is 17.7 Å². The highest BCUT2D eigenvalue weighted by Crippen LogP contribution is 2.35. The fourth-order valence-electron chi connectivity index (χ4n) is 2.92. The maximum absolute atomic E-state index is 14.4. The van der Waals surface area contributed by atoms with Gasteiger partial charge in [0.25, 0.3) is 10.0 Å². The molecule has 0 spiro atoms. The zero-order valence-electron chi connectivity index (χ0n) is 13.3. The van der Waals surface area contributed by atoms with Gasteiger partial charge >= 0.3 is 5.97 Å². The summed E-state index contributed by atoms with van der Waals surface area (Å²) in [7, 11) is -2.95. The van der Waals surface area contributed by atoms with Gasteiger partial charge in [-0.2, -0.15) is 0 Å². The number of benzene rings is 2. The Bertz CT molecular complexity index is 946. The molecule has 1 aliphatic heterocycles. The van der Waals surface area contributed by atoms with Crippen LogP contribution < -0.4 is 4.31 Å². The van der Waals surface area contributed by atoms with E-state index in [4.69, 9.17) is 4.74 Å². The first-order valence-electron chi connectivity index (χ1n) is 7.54. The van der Waals surface area contributed by atoms with E-state index in [0.29, 0.717) is 22.9 Å². The highest BCUT2D eigenvalue weighted by atomic mass is 79.9. The second-order valence-electron chi connectivity index (χ2n) is 5.56. The minimum absolute atomic E-state index is 0.0486. The maximum Gasteiger partial charge on any atom is 0.339 e. The van der Waals surface area contributed by atoms with Crippen molar-refractivity contribution in [3.63, 3.8) is 0 Å². The molecule has 3 rings (SSSR count). The second-order valence-corrected chi connectivity index (χ2v) is 8.31. The third kappa shape index (κ3) is 3.16. The van der Waals surface area contributed by atoms with E-state index in [1.807, 2.05) is 0 Å². The number of carbonyl (C=O) groups is 1. The van der Waals surface area contributed by atoms with Gasteiger partial charge in [-0.1, -0.05) is 28.1 Å². The van der Waals surface area contributed by atoms with Gasteiger partial charge in [-0.3, -0.25) is 4.31 Å². The number of esters is 1. The van der Waals surface area contributed by atoms with Crippen molar-refractivity contribution >= 4 is 37.6 Å². The Morgan fingerprint density at radius 3 is 2.76 bits per heavy atom. The Morgan fingerprint density at radius 2 is 2.04 bits per heavy atom. The van der Waals surface area contributed by atoms with Crippen LogP contribution in [0.1, 0.15) is 22.3 Å². The molecule has 0 unspecified atom stereocenters. The monoisotopic (exact) mass is 427 g/mol. The number of halogens is 2. The molecule has 25 heavy (non-hydrogen) atoms. The number of ether oxygens (including phenoxy) is 1. The number of methoxy groups -OCH3 is 1. The zero-order chi connectivity index (χ0) is 18.2. The van der Waals surface area contributed by atoms with Gasteiger partial charge in [-0.05, 0) is 42.7 Å². The van der Waals surface area contributed by atoms with E-state index in [2.05, 4.69) is 15.9 Å². The SMILES string of the molecule is COC(=O)c1cc(Br)ccc1S(=O)(=O)N1CCCc2cccc(F)c21. The summed E-state index contributed by atoms with van der Waals surface area (Å²) in [4.78, 5) is 11.8. The number of fused-ring (bicyclic) bond motifs is 1. The van der Waals surface area contributed by atoms with Gasteiger partial charge in [0.15, 0.2) is 0 Å². The molecule has 5 nitrogen and oxygen atoms in total. The molecule has 0 amide bonds. The lowest BCUT2D eigenvalue weighted by atomic mass is 10.0. The predicted octanol–water partition coefficient (Wildman–Crippen LogP) is 3.52. The highest BCUT2D eigenvalue weighted by Gasteiger charge is 2.34. The van der Waals surface area contributed by atoms with Crippen molar-refractivity contribution in [1.29, 1.82) is 0 Å². The Balaban J connectivity index is 2.19. The number of para-hydroxylation sites is 1. The number of aryl methyl sites for hydroxylation is 1. The largest absolute Gasteiger partial charge is 0.465 e. The van der Waals surface area contributed by atoms with Crippen LogP contribution in [0.15, 0.2) is 45.8 Å². The number of nitrogens with zero attached hydrogens (tertiary/aromatic N) is 1. The Kier molecular flexibility index (Phi) is 4.83. The number of hydrogen-bond donors (Lipinski definition) is 0. The van der Waals surface area contributed by atoms with Crippen LogP contribution in [0.3, 0.4) is 0 Å². The molecule has 8 heteroatoms. The average molecular weight is 428 g/mol. The average Bonchev–Trinajstić information content (AvgIpc) is 2.60. The van der Waals surface area contributed by atoms with Crippen molar-refractivity contribution in [2.24, 2.45) is 0 Å². The molecule has 0 aromatic heterocycles. The summed E-state index contributed by atoms with van der Waals surface area (Å²) in [6.45, 7) is 0.146. The van der Waals surface area contributed by atoms with E-state index < -0.39 is 21.8 Å². The quantitative estimate of drug-likeness (QED) is 0.702. The Hall–Kier alpha value is -1.93. The minimum Gasteiger partial charge on any atom is -0.465 e. The number of rotatable bonds is 3. The van der Waals surface area contributed by atoms with Crippen molar-refractivity contribution < 1.29 is 22.3 Å². The van der Waals surface area contributed by atoms with E-state index in [1.54, 1.807) is 12.1 Å². The van der Waals surface area contributed by atoms with E-state index in [1.165, 1.54) is 31.4 Å². The third-order valence-electron chi connectivity index (χ3n) is 4.04. The van der Waals surface area contributed by atoms with Gasteiger partial charge in [-0.25, -0.2) is 17.6 Å². The summed E-state index contributed by atoms with van der Waals surface area (Å²) >= 11 is 3.22. The van der Waals surface area contributed by atoms with Gasteiger partial charge in [0.2, 0.25) is 0 Å². The number of sulfonamides is 1. The van der Waals surface area contributed by atoms with Crippen LogP contribution in [-0.4, -0.2) is 28.0 Å². The van der Waals surface area contributed by atoms with Crippen LogP contribution in [0.5, 0.6) is 0 Å².